The van der Waals surface area contributed by atoms with E-state index in [1.165, 1.54) is 32.5 Å². The standard InChI is InChI=1S/C38H24N4S/c1-38(2)29-20-23(15-17-26(29)27-18-16-25(39-3)21-30(27)38)22-9-8-10-24(19-22)34-36-35(28-11-4-5-12-31(28)40-34)41-37-42(36)32-13-6-7-14-33(32)43-37/h4-21H,1-2H3. The summed E-state index contributed by atoms with van der Waals surface area (Å²) in [5.74, 6) is 0. The van der Waals surface area contributed by atoms with Gasteiger partial charge in [-0.25, -0.2) is 14.8 Å². The van der Waals surface area contributed by atoms with Gasteiger partial charge in [0.1, 0.15) is 11.0 Å². The van der Waals surface area contributed by atoms with Crippen molar-refractivity contribution >= 4 is 54.1 Å². The molecule has 1 aliphatic carbocycles. The Hall–Kier alpha value is -5.31. The molecular weight excluding hydrogens is 545 g/mol. The molecule has 0 fully saturated rings. The largest absolute Gasteiger partial charge is 0.281 e. The van der Waals surface area contributed by atoms with Gasteiger partial charge in [-0.2, -0.15) is 0 Å². The Balaban J connectivity index is 1.26. The normalized spacial score (nSPS) is 13.5. The van der Waals surface area contributed by atoms with E-state index in [0.717, 1.165) is 49.2 Å². The van der Waals surface area contributed by atoms with Crippen molar-refractivity contribution in [1.82, 2.24) is 14.4 Å². The molecule has 0 bridgehead atoms. The number of aromatic nitrogens is 3. The van der Waals surface area contributed by atoms with Crippen molar-refractivity contribution in [2.24, 2.45) is 0 Å². The number of nitrogens with zero attached hydrogens (tertiary/aromatic N) is 4. The van der Waals surface area contributed by atoms with Crippen molar-refractivity contribution in [1.29, 1.82) is 0 Å². The molecule has 202 valence electrons. The summed E-state index contributed by atoms with van der Waals surface area (Å²) in [6.45, 7) is 12.0. The molecule has 3 aromatic heterocycles. The molecule has 0 radical (unpaired) electrons. The number of rotatable bonds is 2. The van der Waals surface area contributed by atoms with Gasteiger partial charge in [-0.3, -0.25) is 4.40 Å². The highest BCUT2D eigenvalue weighted by molar-refractivity contribution is 7.23. The molecule has 0 N–H and O–H groups in total. The van der Waals surface area contributed by atoms with E-state index in [2.05, 4.69) is 120 Å². The number of hydrogen-bond donors (Lipinski definition) is 0. The van der Waals surface area contributed by atoms with Crippen LogP contribution in [-0.2, 0) is 5.41 Å². The van der Waals surface area contributed by atoms with E-state index in [1.54, 1.807) is 11.3 Å². The van der Waals surface area contributed by atoms with Crippen molar-refractivity contribution < 1.29 is 0 Å². The first-order valence-corrected chi connectivity index (χ1v) is 15.2. The summed E-state index contributed by atoms with van der Waals surface area (Å²) >= 11 is 1.72. The third-order valence-corrected chi connectivity index (χ3v) is 10.0. The predicted octanol–water partition coefficient (Wildman–Crippen LogP) is 10.4. The molecule has 43 heavy (non-hydrogen) atoms. The summed E-state index contributed by atoms with van der Waals surface area (Å²) in [5.41, 5.74) is 13.9. The highest BCUT2D eigenvalue weighted by Crippen LogP contribution is 2.50. The lowest BCUT2D eigenvalue weighted by molar-refractivity contribution is 0.661. The minimum Gasteiger partial charge on any atom is -0.281 e. The van der Waals surface area contributed by atoms with E-state index in [9.17, 15) is 0 Å². The summed E-state index contributed by atoms with van der Waals surface area (Å²) in [4.78, 5) is 15.1. The summed E-state index contributed by atoms with van der Waals surface area (Å²) in [5, 5.41) is 1.07. The van der Waals surface area contributed by atoms with Crippen molar-refractivity contribution in [3.63, 3.8) is 0 Å². The molecular formula is C38H24N4S. The Morgan fingerprint density at radius 2 is 1.47 bits per heavy atom. The van der Waals surface area contributed by atoms with Gasteiger partial charge in [-0.1, -0.05) is 104 Å². The molecule has 9 rings (SSSR count). The smallest absolute Gasteiger partial charge is 0.195 e. The molecule has 0 amide bonds. The van der Waals surface area contributed by atoms with Gasteiger partial charge in [0, 0.05) is 16.4 Å². The topological polar surface area (TPSA) is 34.5 Å². The van der Waals surface area contributed by atoms with Crippen LogP contribution in [0.4, 0.5) is 5.69 Å². The number of pyridine rings is 1. The second-order valence-corrected chi connectivity index (χ2v) is 12.8. The van der Waals surface area contributed by atoms with Crippen molar-refractivity contribution in [2.75, 3.05) is 0 Å². The third-order valence-electron chi connectivity index (χ3n) is 9.03. The van der Waals surface area contributed by atoms with Crippen LogP contribution in [0.5, 0.6) is 0 Å². The van der Waals surface area contributed by atoms with Crippen LogP contribution < -0.4 is 0 Å². The molecule has 3 heterocycles. The van der Waals surface area contributed by atoms with Gasteiger partial charge in [-0.05, 0) is 63.7 Å². The Morgan fingerprint density at radius 3 is 2.35 bits per heavy atom. The summed E-state index contributed by atoms with van der Waals surface area (Å²) in [6.07, 6.45) is 0. The zero-order valence-electron chi connectivity index (χ0n) is 23.6. The first-order valence-electron chi connectivity index (χ1n) is 14.4. The molecule has 0 aliphatic heterocycles. The van der Waals surface area contributed by atoms with E-state index in [1.807, 2.05) is 12.1 Å². The van der Waals surface area contributed by atoms with Crippen molar-refractivity contribution in [2.45, 2.75) is 19.3 Å². The van der Waals surface area contributed by atoms with Crippen LogP contribution in [0.3, 0.4) is 0 Å². The highest BCUT2D eigenvalue weighted by atomic mass is 32.1. The SMILES string of the molecule is [C-]#[N+]c1ccc2c(c1)C(C)(C)c1cc(-c3cccc(-c4nc5ccccc5c5nc6sc7ccccc7n6c45)c3)ccc1-2. The number of hydrogen-bond acceptors (Lipinski definition) is 3. The maximum absolute atomic E-state index is 7.51. The van der Waals surface area contributed by atoms with Gasteiger partial charge in [0.2, 0.25) is 0 Å². The number of para-hydroxylation sites is 2. The maximum Gasteiger partial charge on any atom is 0.195 e. The van der Waals surface area contributed by atoms with Gasteiger partial charge in [0.05, 0.1) is 28.0 Å². The number of fused-ring (bicyclic) bond motifs is 10. The molecule has 0 saturated carbocycles. The van der Waals surface area contributed by atoms with Crippen molar-refractivity contribution in [3.8, 4) is 33.5 Å². The minimum atomic E-state index is -0.186. The summed E-state index contributed by atoms with van der Waals surface area (Å²) in [6, 6.07) is 38.4. The molecule has 0 atom stereocenters. The van der Waals surface area contributed by atoms with Gasteiger partial charge in [0.25, 0.3) is 0 Å². The van der Waals surface area contributed by atoms with E-state index in [-0.39, 0.29) is 5.41 Å². The first-order chi connectivity index (χ1) is 21.0. The van der Waals surface area contributed by atoms with E-state index in [0.29, 0.717) is 5.69 Å². The zero-order valence-corrected chi connectivity index (χ0v) is 24.4. The van der Waals surface area contributed by atoms with Crippen LogP contribution in [0, 0.1) is 6.57 Å². The van der Waals surface area contributed by atoms with Crippen LogP contribution in [0.1, 0.15) is 25.0 Å². The van der Waals surface area contributed by atoms with E-state index < -0.39 is 0 Å². The van der Waals surface area contributed by atoms with Crippen molar-refractivity contribution in [3.05, 3.63) is 132 Å². The second kappa shape index (κ2) is 8.61. The molecule has 5 aromatic carbocycles. The summed E-state index contributed by atoms with van der Waals surface area (Å²) < 4.78 is 3.49. The first kappa shape index (κ1) is 24.3. The average Bonchev–Trinajstić information content (AvgIpc) is 3.67. The lowest BCUT2D eigenvalue weighted by Gasteiger charge is -2.22. The Kier molecular flexibility index (Phi) is 4.86. The van der Waals surface area contributed by atoms with Crippen LogP contribution in [-0.4, -0.2) is 14.4 Å². The highest BCUT2D eigenvalue weighted by Gasteiger charge is 2.35. The Morgan fingerprint density at radius 1 is 0.721 bits per heavy atom. The van der Waals surface area contributed by atoms with Crippen LogP contribution >= 0.6 is 11.3 Å². The monoisotopic (exact) mass is 568 g/mol. The fourth-order valence-electron chi connectivity index (χ4n) is 6.89. The molecule has 1 aliphatic rings. The van der Waals surface area contributed by atoms with Gasteiger partial charge in [-0.15, -0.1) is 0 Å². The molecule has 8 aromatic rings. The number of benzene rings is 5. The maximum atomic E-state index is 7.51. The molecule has 4 nitrogen and oxygen atoms in total. The fourth-order valence-corrected chi connectivity index (χ4v) is 7.92. The summed E-state index contributed by atoms with van der Waals surface area (Å²) in [7, 11) is 0. The number of thiazole rings is 1. The molecule has 0 unspecified atom stereocenters. The van der Waals surface area contributed by atoms with Crippen LogP contribution in [0.2, 0.25) is 0 Å². The fraction of sp³-hybridized carbons (Fsp3) is 0.0789. The average molecular weight is 569 g/mol. The van der Waals surface area contributed by atoms with Gasteiger partial charge >= 0.3 is 0 Å². The predicted molar refractivity (Wildman–Crippen MR) is 178 cm³/mol. The van der Waals surface area contributed by atoms with Crippen LogP contribution in [0.25, 0.3) is 75.5 Å². The van der Waals surface area contributed by atoms with Crippen LogP contribution in [0.15, 0.2) is 109 Å². The minimum absolute atomic E-state index is 0.186. The van der Waals surface area contributed by atoms with E-state index in [4.69, 9.17) is 16.5 Å². The Labute approximate surface area is 252 Å². The quantitative estimate of drug-likeness (QED) is 0.194. The lowest BCUT2D eigenvalue weighted by atomic mass is 9.81. The van der Waals surface area contributed by atoms with Gasteiger partial charge in [0.15, 0.2) is 10.6 Å². The Bertz CT molecular complexity index is 2500. The molecule has 5 heteroatoms. The molecule has 0 spiro atoms. The lowest BCUT2D eigenvalue weighted by Crippen LogP contribution is -2.14. The molecule has 0 saturated heterocycles. The number of imidazole rings is 1. The van der Waals surface area contributed by atoms with Gasteiger partial charge < -0.3 is 0 Å². The van der Waals surface area contributed by atoms with E-state index >= 15 is 0 Å². The third kappa shape index (κ3) is 3.36. The zero-order chi connectivity index (χ0) is 28.9. The second-order valence-electron chi connectivity index (χ2n) is 11.8.